The topological polar surface area (TPSA) is 60.4 Å². The first-order valence-electron chi connectivity index (χ1n) is 9.86. The normalized spacial score (nSPS) is 13.3. The van der Waals surface area contributed by atoms with E-state index in [9.17, 15) is 10.1 Å². The molecule has 0 aliphatic rings. The lowest BCUT2D eigenvalue weighted by atomic mass is 10.0. The average molecular weight is 390 g/mol. The maximum atomic E-state index is 11.0. The van der Waals surface area contributed by atoms with Crippen molar-refractivity contribution in [1.82, 2.24) is 4.57 Å². The van der Waals surface area contributed by atoms with Gasteiger partial charge < -0.3 is 4.57 Å². The number of rotatable bonds is 9. The van der Waals surface area contributed by atoms with E-state index in [-0.39, 0.29) is 10.6 Å². The number of unbranched alkanes of at least 4 members (excludes halogenated alkanes) is 1. The number of nitro benzene ring substituents is 1. The molecule has 0 aliphatic carbocycles. The zero-order valence-corrected chi connectivity index (χ0v) is 17.9. The van der Waals surface area contributed by atoms with E-state index in [1.807, 2.05) is 6.92 Å². The molecular formula is C21H31N3O2S. The van der Waals surface area contributed by atoms with Crippen LogP contribution in [0.5, 0.6) is 0 Å². The molecule has 0 fully saturated rings. The highest BCUT2D eigenvalue weighted by molar-refractivity contribution is 7.07. The summed E-state index contributed by atoms with van der Waals surface area (Å²) >= 11 is 1.67. The Morgan fingerprint density at radius 1 is 1.30 bits per heavy atom. The second-order valence-electron chi connectivity index (χ2n) is 7.52. The van der Waals surface area contributed by atoms with Crippen LogP contribution in [0.3, 0.4) is 0 Å². The minimum atomic E-state index is -0.360. The molecule has 148 valence electrons. The molecule has 2 aromatic rings. The van der Waals surface area contributed by atoms with Crippen LogP contribution in [0.25, 0.3) is 0 Å². The molecule has 1 heterocycles. The Labute approximate surface area is 165 Å². The van der Waals surface area contributed by atoms with E-state index in [0.717, 1.165) is 35.3 Å². The number of aryl methyl sites for hydroxylation is 1. The lowest BCUT2D eigenvalue weighted by Gasteiger charge is -2.21. The van der Waals surface area contributed by atoms with Crippen LogP contribution in [-0.4, -0.2) is 9.49 Å². The number of benzene rings is 1. The molecule has 2 rings (SSSR count). The predicted molar refractivity (Wildman–Crippen MR) is 113 cm³/mol. The van der Waals surface area contributed by atoms with Crippen molar-refractivity contribution in [3.05, 3.63) is 49.8 Å². The molecular weight excluding hydrogens is 358 g/mol. The van der Waals surface area contributed by atoms with E-state index < -0.39 is 0 Å². The van der Waals surface area contributed by atoms with E-state index in [0.29, 0.717) is 12.0 Å². The van der Waals surface area contributed by atoms with Crippen LogP contribution in [0.4, 0.5) is 11.4 Å². The summed E-state index contributed by atoms with van der Waals surface area (Å²) in [6.45, 7) is 10.8. The van der Waals surface area contributed by atoms with Gasteiger partial charge in [-0.3, -0.25) is 10.1 Å². The van der Waals surface area contributed by atoms with Gasteiger partial charge in [-0.05, 0) is 43.7 Å². The predicted octanol–water partition coefficient (Wildman–Crippen LogP) is 6.34. The molecule has 5 nitrogen and oxygen atoms in total. The summed E-state index contributed by atoms with van der Waals surface area (Å²) in [5.41, 5.74) is 3.09. The molecule has 0 amide bonds. The highest BCUT2D eigenvalue weighted by Crippen LogP contribution is 2.26. The monoisotopic (exact) mass is 389 g/mol. The van der Waals surface area contributed by atoms with Crippen LogP contribution >= 0.6 is 11.3 Å². The number of aromatic nitrogens is 1. The minimum Gasteiger partial charge on any atom is -0.318 e. The SMILES string of the molecule is CCCCC(CC)n1c(CC(C)C)csc1=Nc1ccc([N+](=O)[O-])cc1C. The lowest BCUT2D eigenvalue weighted by molar-refractivity contribution is -0.384. The fraction of sp³-hybridized carbons (Fsp3) is 0.571. The third-order valence-electron chi connectivity index (χ3n) is 4.77. The van der Waals surface area contributed by atoms with Crippen LogP contribution in [0.1, 0.15) is 70.7 Å². The standard InChI is InChI=1S/C21H31N3O2S/c1-6-8-9-17(7-2)23-19(12-15(3)4)14-27-21(23)22-20-11-10-18(24(25)26)13-16(20)5/h10-11,13-15,17H,6-9,12H2,1-5H3. The molecule has 1 atom stereocenters. The molecule has 0 saturated heterocycles. The van der Waals surface area contributed by atoms with Crippen molar-refractivity contribution >= 4 is 22.7 Å². The molecule has 0 spiro atoms. The van der Waals surface area contributed by atoms with Gasteiger partial charge in [-0.25, -0.2) is 4.99 Å². The zero-order chi connectivity index (χ0) is 20.0. The van der Waals surface area contributed by atoms with Crippen LogP contribution in [0.2, 0.25) is 0 Å². The van der Waals surface area contributed by atoms with Gasteiger partial charge in [0.2, 0.25) is 0 Å². The molecule has 0 bridgehead atoms. The van der Waals surface area contributed by atoms with Gasteiger partial charge in [-0.2, -0.15) is 0 Å². The summed E-state index contributed by atoms with van der Waals surface area (Å²) in [4.78, 5) is 16.5. The maximum absolute atomic E-state index is 11.0. The lowest BCUT2D eigenvalue weighted by Crippen LogP contribution is -2.23. The van der Waals surface area contributed by atoms with Crippen LogP contribution in [-0.2, 0) is 6.42 Å². The first-order valence-corrected chi connectivity index (χ1v) is 10.7. The number of non-ortho nitro benzene ring substituents is 1. The Hall–Kier alpha value is -1.95. The van der Waals surface area contributed by atoms with Gasteiger partial charge in [-0.1, -0.05) is 40.5 Å². The van der Waals surface area contributed by atoms with E-state index in [1.165, 1.54) is 24.6 Å². The van der Waals surface area contributed by atoms with E-state index in [4.69, 9.17) is 4.99 Å². The number of hydrogen-bond donors (Lipinski definition) is 0. The van der Waals surface area contributed by atoms with Gasteiger partial charge in [-0.15, -0.1) is 11.3 Å². The Kier molecular flexibility index (Phi) is 7.78. The summed E-state index contributed by atoms with van der Waals surface area (Å²) in [5.74, 6) is 0.587. The molecule has 1 aromatic heterocycles. The van der Waals surface area contributed by atoms with Gasteiger partial charge in [0.05, 0.1) is 10.6 Å². The van der Waals surface area contributed by atoms with Crippen molar-refractivity contribution in [2.45, 2.75) is 72.8 Å². The Balaban J connectivity index is 2.53. The van der Waals surface area contributed by atoms with Crippen molar-refractivity contribution in [2.75, 3.05) is 0 Å². The van der Waals surface area contributed by atoms with Gasteiger partial charge in [0.25, 0.3) is 5.69 Å². The molecule has 0 aliphatic heterocycles. The zero-order valence-electron chi connectivity index (χ0n) is 17.1. The summed E-state index contributed by atoms with van der Waals surface area (Å²) in [6.07, 6.45) is 5.66. The fourth-order valence-corrected chi connectivity index (χ4v) is 4.31. The van der Waals surface area contributed by atoms with Crippen molar-refractivity contribution in [1.29, 1.82) is 0 Å². The molecule has 6 heteroatoms. The fourth-order valence-electron chi connectivity index (χ4n) is 3.33. The molecule has 27 heavy (non-hydrogen) atoms. The summed E-state index contributed by atoms with van der Waals surface area (Å²) in [5, 5.41) is 13.2. The smallest absolute Gasteiger partial charge is 0.269 e. The second kappa shape index (κ2) is 9.83. The molecule has 0 radical (unpaired) electrons. The second-order valence-corrected chi connectivity index (χ2v) is 8.36. The van der Waals surface area contributed by atoms with Crippen LogP contribution in [0, 0.1) is 23.0 Å². The molecule has 1 unspecified atom stereocenters. The Bertz CT molecular complexity index is 836. The van der Waals surface area contributed by atoms with Crippen molar-refractivity contribution in [3.63, 3.8) is 0 Å². The highest BCUT2D eigenvalue weighted by Gasteiger charge is 2.16. The van der Waals surface area contributed by atoms with Crippen LogP contribution in [0.15, 0.2) is 28.6 Å². The Morgan fingerprint density at radius 3 is 2.59 bits per heavy atom. The average Bonchev–Trinajstić information content (AvgIpc) is 2.99. The maximum Gasteiger partial charge on any atom is 0.269 e. The van der Waals surface area contributed by atoms with E-state index >= 15 is 0 Å². The first-order chi connectivity index (χ1) is 12.9. The van der Waals surface area contributed by atoms with Gasteiger partial charge in [0, 0.05) is 29.2 Å². The minimum absolute atomic E-state index is 0.111. The van der Waals surface area contributed by atoms with E-state index in [2.05, 4.69) is 37.6 Å². The number of nitrogens with zero attached hydrogens (tertiary/aromatic N) is 3. The number of thiazole rings is 1. The van der Waals surface area contributed by atoms with Crippen molar-refractivity contribution < 1.29 is 4.92 Å². The van der Waals surface area contributed by atoms with Crippen LogP contribution < -0.4 is 4.80 Å². The summed E-state index contributed by atoms with van der Waals surface area (Å²) < 4.78 is 2.42. The van der Waals surface area contributed by atoms with E-state index in [1.54, 1.807) is 23.5 Å². The summed E-state index contributed by atoms with van der Waals surface area (Å²) in [6, 6.07) is 5.34. The van der Waals surface area contributed by atoms with Crippen molar-refractivity contribution in [2.24, 2.45) is 10.9 Å². The third-order valence-corrected chi connectivity index (χ3v) is 5.66. The number of hydrogen-bond acceptors (Lipinski definition) is 4. The largest absolute Gasteiger partial charge is 0.318 e. The number of nitro groups is 1. The quantitative estimate of drug-likeness (QED) is 0.371. The molecule has 1 aromatic carbocycles. The third kappa shape index (κ3) is 5.51. The van der Waals surface area contributed by atoms with Gasteiger partial charge in [0.15, 0.2) is 4.80 Å². The molecule has 0 N–H and O–H groups in total. The highest BCUT2D eigenvalue weighted by atomic mass is 32.1. The van der Waals surface area contributed by atoms with Crippen molar-refractivity contribution in [3.8, 4) is 0 Å². The summed E-state index contributed by atoms with van der Waals surface area (Å²) in [7, 11) is 0. The van der Waals surface area contributed by atoms with Gasteiger partial charge in [0.1, 0.15) is 0 Å². The Morgan fingerprint density at radius 2 is 2.04 bits per heavy atom. The molecule has 0 saturated carbocycles. The first kappa shape index (κ1) is 21.4. The van der Waals surface area contributed by atoms with Gasteiger partial charge >= 0.3 is 0 Å².